The molecule has 8 heteroatoms. The standard InChI is InChI=1S/C25H23N3O3S2/c1-31-21-9-5-8-18(24(21)30)15-27-19-10-11-20-22(14-19)33-25(28-20)32-16-23(29)26-13-12-17-6-3-2-4-7-17/h2-11,14-15,30H,12-13,16H2,1H3,(H,26,29). The van der Waals surface area contributed by atoms with Crippen molar-refractivity contribution in [1.82, 2.24) is 10.3 Å². The van der Waals surface area contributed by atoms with Crippen LogP contribution >= 0.6 is 23.1 Å². The van der Waals surface area contributed by atoms with Gasteiger partial charge in [-0.25, -0.2) is 4.98 Å². The van der Waals surface area contributed by atoms with E-state index in [9.17, 15) is 9.90 Å². The summed E-state index contributed by atoms with van der Waals surface area (Å²) in [5.41, 5.74) is 3.41. The lowest BCUT2D eigenvalue weighted by atomic mass is 10.1. The lowest BCUT2D eigenvalue weighted by molar-refractivity contribution is -0.118. The molecule has 0 saturated carbocycles. The molecular weight excluding hydrogens is 454 g/mol. The predicted octanol–water partition coefficient (Wildman–Crippen LogP) is 5.21. The molecule has 168 valence electrons. The minimum Gasteiger partial charge on any atom is -0.504 e. The zero-order chi connectivity index (χ0) is 23.0. The number of aromatic hydroxyl groups is 1. The van der Waals surface area contributed by atoms with E-state index in [1.807, 2.05) is 36.4 Å². The van der Waals surface area contributed by atoms with Gasteiger partial charge in [0.1, 0.15) is 0 Å². The lowest BCUT2D eigenvalue weighted by Crippen LogP contribution is -2.27. The van der Waals surface area contributed by atoms with Crippen LogP contribution in [0.3, 0.4) is 0 Å². The molecular formula is C25H23N3O3S2. The monoisotopic (exact) mass is 477 g/mol. The number of benzene rings is 3. The molecule has 4 aromatic rings. The highest BCUT2D eigenvalue weighted by Gasteiger charge is 2.09. The number of para-hydroxylation sites is 1. The Morgan fingerprint density at radius 2 is 2.03 bits per heavy atom. The number of carbonyl (C=O) groups excluding carboxylic acids is 1. The Hall–Kier alpha value is -3.36. The molecule has 1 amide bonds. The molecule has 1 heterocycles. The van der Waals surface area contributed by atoms with E-state index in [-0.39, 0.29) is 11.7 Å². The van der Waals surface area contributed by atoms with Crippen molar-refractivity contribution in [2.75, 3.05) is 19.4 Å². The third-order valence-corrected chi connectivity index (χ3v) is 7.02. The Balaban J connectivity index is 1.33. The van der Waals surface area contributed by atoms with E-state index >= 15 is 0 Å². The first kappa shape index (κ1) is 22.8. The van der Waals surface area contributed by atoms with Gasteiger partial charge in [0.2, 0.25) is 5.91 Å². The maximum atomic E-state index is 12.2. The van der Waals surface area contributed by atoms with Gasteiger partial charge in [-0.1, -0.05) is 48.2 Å². The van der Waals surface area contributed by atoms with Crippen LogP contribution in [0.15, 0.2) is 76.1 Å². The molecule has 0 unspecified atom stereocenters. The first-order chi connectivity index (χ1) is 16.1. The number of ether oxygens (including phenoxy) is 1. The predicted molar refractivity (Wildman–Crippen MR) is 135 cm³/mol. The second kappa shape index (κ2) is 11.0. The molecule has 4 rings (SSSR count). The minimum atomic E-state index is -0.00132. The number of thioether (sulfide) groups is 1. The fraction of sp³-hybridized carbons (Fsp3) is 0.160. The number of nitrogens with zero attached hydrogens (tertiary/aromatic N) is 2. The molecule has 0 radical (unpaired) electrons. The van der Waals surface area contributed by atoms with Crippen LogP contribution in [-0.4, -0.2) is 41.6 Å². The summed E-state index contributed by atoms with van der Waals surface area (Å²) in [5, 5.41) is 13.2. The summed E-state index contributed by atoms with van der Waals surface area (Å²) in [6.07, 6.45) is 2.42. The summed E-state index contributed by atoms with van der Waals surface area (Å²) in [5.74, 6) is 0.791. The number of aromatic nitrogens is 1. The lowest BCUT2D eigenvalue weighted by Gasteiger charge is -2.04. The van der Waals surface area contributed by atoms with Gasteiger partial charge in [0.05, 0.1) is 28.8 Å². The Morgan fingerprint density at radius 3 is 2.85 bits per heavy atom. The van der Waals surface area contributed by atoms with E-state index in [2.05, 4.69) is 27.4 Å². The minimum absolute atomic E-state index is 0.00132. The zero-order valence-corrected chi connectivity index (χ0v) is 19.7. The largest absolute Gasteiger partial charge is 0.504 e. The first-order valence-electron chi connectivity index (χ1n) is 10.4. The van der Waals surface area contributed by atoms with Crippen molar-refractivity contribution in [3.63, 3.8) is 0 Å². The van der Waals surface area contributed by atoms with Crippen molar-refractivity contribution in [2.45, 2.75) is 10.8 Å². The maximum Gasteiger partial charge on any atom is 0.230 e. The topological polar surface area (TPSA) is 83.8 Å². The molecule has 0 bridgehead atoms. The van der Waals surface area contributed by atoms with E-state index in [1.54, 1.807) is 24.4 Å². The van der Waals surface area contributed by atoms with Gasteiger partial charge in [-0.15, -0.1) is 11.3 Å². The van der Waals surface area contributed by atoms with Gasteiger partial charge in [-0.05, 0) is 42.3 Å². The molecule has 33 heavy (non-hydrogen) atoms. The number of aliphatic imine (C=N–C) groups is 1. The Kier molecular flexibility index (Phi) is 7.59. The third-order valence-electron chi connectivity index (χ3n) is 4.86. The average Bonchev–Trinajstić information content (AvgIpc) is 3.25. The molecule has 2 N–H and O–H groups in total. The van der Waals surface area contributed by atoms with E-state index < -0.39 is 0 Å². The van der Waals surface area contributed by atoms with Gasteiger partial charge in [0, 0.05) is 18.3 Å². The number of amides is 1. The molecule has 0 atom stereocenters. The first-order valence-corrected chi connectivity index (χ1v) is 12.2. The van der Waals surface area contributed by atoms with Crippen molar-refractivity contribution in [2.24, 2.45) is 4.99 Å². The fourth-order valence-corrected chi connectivity index (χ4v) is 5.09. The highest BCUT2D eigenvalue weighted by atomic mass is 32.2. The van der Waals surface area contributed by atoms with Crippen molar-refractivity contribution in [3.8, 4) is 11.5 Å². The fourth-order valence-electron chi connectivity index (χ4n) is 3.16. The summed E-state index contributed by atoms with van der Waals surface area (Å²) in [6.45, 7) is 0.619. The summed E-state index contributed by atoms with van der Waals surface area (Å²) in [7, 11) is 1.51. The van der Waals surface area contributed by atoms with Crippen LogP contribution in [0.2, 0.25) is 0 Å². The second-order valence-electron chi connectivity index (χ2n) is 7.16. The zero-order valence-electron chi connectivity index (χ0n) is 18.0. The summed E-state index contributed by atoms with van der Waals surface area (Å²) in [4.78, 5) is 21.2. The number of hydrogen-bond acceptors (Lipinski definition) is 7. The number of hydrogen-bond donors (Lipinski definition) is 2. The smallest absolute Gasteiger partial charge is 0.230 e. The van der Waals surface area contributed by atoms with E-state index in [0.717, 1.165) is 26.7 Å². The second-order valence-corrected chi connectivity index (χ2v) is 9.42. The van der Waals surface area contributed by atoms with Crippen LogP contribution in [0, 0.1) is 0 Å². The van der Waals surface area contributed by atoms with E-state index in [4.69, 9.17) is 4.74 Å². The molecule has 0 aliphatic carbocycles. The molecule has 3 aromatic carbocycles. The number of methoxy groups -OCH3 is 1. The van der Waals surface area contributed by atoms with Gasteiger partial charge in [-0.2, -0.15) is 0 Å². The van der Waals surface area contributed by atoms with Crippen LogP contribution in [0.25, 0.3) is 10.2 Å². The average molecular weight is 478 g/mol. The Bertz CT molecular complexity index is 1270. The van der Waals surface area contributed by atoms with Crippen molar-refractivity contribution >= 4 is 51.1 Å². The number of thiazole rings is 1. The Morgan fingerprint density at radius 1 is 1.18 bits per heavy atom. The molecule has 0 aliphatic heterocycles. The Labute approximate surface area is 200 Å². The number of carbonyl (C=O) groups is 1. The SMILES string of the molecule is COc1cccc(C=Nc2ccc3nc(SCC(=O)NCCc4ccccc4)sc3c2)c1O. The van der Waals surface area contributed by atoms with Gasteiger partial charge in [0.25, 0.3) is 0 Å². The van der Waals surface area contributed by atoms with Crippen LogP contribution < -0.4 is 10.1 Å². The van der Waals surface area contributed by atoms with Crippen LogP contribution in [0.5, 0.6) is 11.5 Å². The molecule has 6 nitrogen and oxygen atoms in total. The normalized spacial score (nSPS) is 11.2. The van der Waals surface area contributed by atoms with E-state index in [0.29, 0.717) is 23.6 Å². The maximum absolute atomic E-state index is 12.2. The van der Waals surface area contributed by atoms with Crippen LogP contribution in [0.4, 0.5) is 5.69 Å². The van der Waals surface area contributed by atoms with Gasteiger partial charge in [-0.3, -0.25) is 9.79 Å². The summed E-state index contributed by atoms with van der Waals surface area (Å²) in [6, 6.07) is 21.1. The molecule has 0 fully saturated rings. The highest BCUT2D eigenvalue weighted by Crippen LogP contribution is 2.32. The summed E-state index contributed by atoms with van der Waals surface area (Å²) < 4.78 is 6.97. The van der Waals surface area contributed by atoms with Gasteiger partial charge in [0.15, 0.2) is 15.8 Å². The number of fused-ring (bicyclic) bond motifs is 1. The van der Waals surface area contributed by atoms with Crippen molar-refractivity contribution < 1.29 is 14.6 Å². The number of nitrogens with one attached hydrogen (secondary N) is 1. The number of phenols is 1. The molecule has 0 aliphatic rings. The summed E-state index contributed by atoms with van der Waals surface area (Å²) >= 11 is 2.97. The van der Waals surface area contributed by atoms with Gasteiger partial charge >= 0.3 is 0 Å². The molecule has 0 spiro atoms. The van der Waals surface area contributed by atoms with Gasteiger partial charge < -0.3 is 15.2 Å². The van der Waals surface area contributed by atoms with E-state index in [1.165, 1.54) is 35.8 Å². The number of rotatable bonds is 9. The quantitative estimate of drug-likeness (QED) is 0.255. The van der Waals surface area contributed by atoms with Crippen molar-refractivity contribution in [1.29, 1.82) is 0 Å². The van der Waals surface area contributed by atoms with Crippen LogP contribution in [0.1, 0.15) is 11.1 Å². The third kappa shape index (κ3) is 6.12. The molecule has 0 saturated heterocycles. The molecule has 1 aromatic heterocycles. The van der Waals surface area contributed by atoms with Crippen molar-refractivity contribution in [3.05, 3.63) is 77.9 Å². The highest BCUT2D eigenvalue weighted by molar-refractivity contribution is 8.01. The number of phenolic OH excluding ortho intramolecular Hbond substituents is 1. The van der Waals surface area contributed by atoms with Crippen LogP contribution in [-0.2, 0) is 11.2 Å².